The van der Waals surface area contributed by atoms with Crippen LogP contribution in [-0.4, -0.2) is 37.2 Å². The van der Waals surface area contributed by atoms with Crippen molar-refractivity contribution in [2.45, 2.75) is 6.42 Å². The number of aromatic amines is 1. The maximum atomic E-state index is 10.5. The van der Waals surface area contributed by atoms with Crippen molar-refractivity contribution < 1.29 is 8.42 Å². The highest BCUT2D eigenvalue weighted by Gasteiger charge is 2.01. The van der Waals surface area contributed by atoms with Gasteiger partial charge in [0, 0.05) is 31.9 Å². The number of aromatic nitrogens is 2. The first-order chi connectivity index (χ1) is 6.58. The van der Waals surface area contributed by atoms with Gasteiger partial charge in [-0.15, -0.1) is 0 Å². The third-order valence-electron chi connectivity index (χ3n) is 1.66. The van der Waals surface area contributed by atoms with Gasteiger partial charge >= 0.3 is 0 Å². The normalized spacial score (nSPS) is 11.8. The minimum Gasteiger partial charge on any atom is -0.349 e. The van der Waals surface area contributed by atoms with E-state index in [1.165, 1.54) is 0 Å². The summed E-state index contributed by atoms with van der Waals surface area (Å²) in [7, 11) is -3.34. The quantitative estimate of drug-likeness (QED) is 0.524. The Morgan fingerprint density at radius 2 is 2.29 bits per heavy atom. The molecule has 1 aromatic rings. The summed E-state index contributed by atoms with van der Waals surface area (Å²) in [5, 5.41) is 7.79. The first-order valence-electron chi connectivity index (χ1n) is 4.27. The molecule has 0 saturated heterocycles. The SMILES string of the molecule is NS(=O)(=O)CCNCCc1ncc[nH]1. The van der Waals surface area contributed by atoms with Crippen LogP contribution in [-0.2, 0) is 16.4 Å². The van der Waals surface area contributed by atoms with E-state index in [1.807, 2.05) is 0 Å². The van der Waals surface area contributed by atoms with Gasteiger partial charge in [0.2, 0.25) is 10.0 Å². The molecule has 6 nitrogen and oxygen atoms in total. The lowest BCUT2D eigenvalue weighted by atomic mass is 10.4. The minimum atomic E-state index is -3.34. The van der Waals surface area contributed by atoms with Gasteiger partial charge in [-0.3, -0.25) is 0 Å². The van der Waals surface area contributed by atoms with E-state index in [-0.39, 0.29) is 5.75 Å². The molecule has 0 atom stereocenters. The number of hydrogen-bond acceptors (Lipinski definition) is 4. The molecule has 0 amide bonds. The fraction of sp³-hybridized carbons (Fsp3) is 0.571. The van der Waals surface area contributed by atoms with Crippen molar-refractivity contribution in [2.24, 2.45) is 5.14 Å². The van der Waals surface area contributed by atoms with E-state index in [0.29, 0.717) is 13.1 Å². The maximum absolute atomic E-state index is 10.5. The highest BCUT2D eigenvalue weighted by atomic mass is 32.2. The third kappa shape index (κ3) is 4.95. The molecule has 0 aliphatic carbocycles. The van der Waals surface area contributed by atoms with Crippen molar-refractivity contribution in [2.75, 3.05) is 18.8 Å². The van der Waals surface area contributed by atoms with Crippen LogP contribution in [0.2, 0.25) is 0 Å². The number of nitrogens with one attached hydrogen (secondary N) is 2. The van der Waals surface area contributed by atoms with Crippen LogP contribution in [0.1, 0.15) is 5.82 Å². The summed E-state index contributed by atoms with van der Waals surface area (Å²) in [6.45, 7) is 1.06. The second kappa shape index (κ2) is 5.08. The van der Waals surface area contributed by atoms with Crippen LogP contribution in [0.3, 0.4) is 0 Å². The van der Waals surface area contributed by atoms with Crippen LogP contribution in [0.4, 0.5) is 0 Å². The molecule has 0 aromatic carbocycles. The van der Waals surface area contributed by atoms with Gasteiger partial charge < -0.3 is 10.3 Å². The summed E-state index contributed by atoms with van der Waals surface area (Å²) in [6, 6.07) is 0. The third-order valence-corrected chi connectivity index (χ3v) is 2.43. The number of primary sulfonamides is 1. The van der Waals surface area contributed by atoms with Gasteiger partial charge in [0.05, 0.1) is 5.75 Å². The zero-order valence-corrected chi connectivity index (χ0v) is 8.55. The summed E-state index contributed by atoms with van der Waals surface area (Å²) < 4.78 is 21.1. The molecule has 14 heavy (non-hydrogen) atoms. The maximum Gasteiger partial charge on any atom is 0.210 e. The molecule has 7 heteroatoms. The van der Waals surface area contributed by atoms with Crippen molar-refractivity contribution in [3.05, 3.63) is 18.2 Å². The van der Waals surface area contributed by atoms with Gasteiger partial charge in [0.1, 0.15) is 5.82 Å². The molecule has 0 aliphatic heterocycles. The number of H-pyrrole nitrogens is 1. The number of rotatable bonds is 6. The van der Waals surface area contributed by atoms with Crippen molar-refractivity contribution in [1.29, 1.82) is 0 Å². The smallest absolute Gasteiger partial charge is 0.210 e. The van der Waals surface area contributed by atoms with Gasteiger partial charge in [0.25, 0.3) is 0 Å². The Morgan fingerprint density at radius 1 is 1.50 bits per heavy atom. The lowest BCUT2D eigenvalue weighted by molar-refractivity contribution is 0.592. The highest BCUT2D eigenvalue weighted by molar-refractivity contribution is 7.89. The molecule has 1 heterocycles. The van der Waals surface area contributed by atoms with E-state index in [9.17, 15) is 8.42 Å². The Balaban J connectivity index is 2.06. The average Bonchev–Trinajstić information content (AvgIpc) is 2.54. The average molecular weight is 218 g/mol. The molecule has 0 spiro atoms. The van der Waals surface area contributed by atoms with Crippen LogP contribution in [0.15, 0.2) is 12.4 Å². The fourth-order valence-corrected chi connectivity index (χ4v) is 1.41. The van der Waals surface area contributed by atoms with Gasteiger partial charge in [-0.25, -0.2) is 18.5 Å². The zero-order chi connectivity index (χ0) is 10.4. The van der Waals surface area contributed by atoms with Crippen LogP contribution < -0.4 is 10.5 Å². The Hall–Kier alpha value is -0.920. The second-order valence-corrected chi connectivity index (χ2v) is 4.64. The van der Waals surface area contributed by atoms with E-state index >= 15 is 0 Å². The number of imidazole rings is 1. The lowest BCUT2D eigenvalue weighted by Crippen LogP contribution is -2.28. The molecule has 0 fully saturated rings. The predicted octanol–water partition coefficient (Wildman–Crippen LogP) is -1.17. The summed E-state index contributed by atoms with van der Waals surface area (Å²) in [5.41, 5.74) is 0. The highest BCUT2D eigenvalue weighted by Crippen LogP contribution is 1.87. The molecule has 0 saturated carbocycles. The van der Waals surface area contributed by atoms with Crippen molar-refractivity contribution >= 4 is 10.0 Å². The van der Waals surface area contributed by atoms with Gasteiger partial charge in [-0.05, 0) is 0 Å². The standard InChI is InChI=1S/C7H14N4O2S/c8-14(12,13)6-5-9-2-1-7-10-3-4-11-7/h3-4,9H,1-2,5-6H2,(H,10,11)(H2,8,12,13). The van der Waals surface area contributed by atoms with Crippen LogP contribution in [0.5, 0.6) is 0 Å². The molecule has 0 unspecified atom stereocenters. The van der Waals surface area contributed by atoms with Gasteiger partial charge in [0.15, 0.2) is 0 Å². The predicted molar refractivity (Wildman–Crippen MR) is 53.1 cm³/mol. The lowest BCUT2D eigenvalue weighted by Gasteiger charge is -2.01. The van der Waals surface area contributed by atoms with E-state index in [4.69, 9.17) is 5.14 Å². The van der Waals surface area contributed by atoms with Crippen LogP contribution in [0.25, 0.3) is 0 Å². The molecule has 0 radical (unpaired) electrons. The number of sulfonamides is 1. The Kier molecular flexibility index (Phi) is 4.05. The van der Waals surface area contributed by atoms with Gasteiger partial charge in [-0.1, -0.05) is 0 Å². The fourth-order valence-electron chi connectivity index (χ4n) is 0.981. The number of nitrogens with zero attached hydrogens (tertiary/aromatic N) is 1. The van der Waals surface area contributed by atoms with Crippen molar-refractivity contribution in [3.63, 3.8) is 0 Å². The minimum absolute atomic E-state index is 0.0366. The second-order valence-electron chi connectivity index (χ2n) is 2.90. The Bertz CT molecular complexity index is 346. The van der Waals surface area contributed by atoms with Crippen molar-refractivity contribution in [3.8, 4) is 0 Å². The van der Waals surface area contributed by atoms with Crippen LogP contribution in [0, 0.1) is 0 Å². The van der Waals surface area contributed by atoms with E-state index in [2.05, 4.69) is 15.3 Å². The summed E-state index contributed by atoms with van der Waals surface area (Å²) >= 11 is 0. The molecular weight excluding hydrogens is 204 g/mol. The first kappa shape index (κ1) is 11.2. The molecule has 0 bridgehead atoms. The first-order valence-corrected chi connectivity index (χ1v) is 5.99. The van der Waals surface area contributed by atoms with Gasteiger partial charge in [-0.2, -0.15) is 0 Å². The molecule has 0 aliphatic rings. The molecular formula is C7H14N4O2S. The zero-order valence-electron chi connectivity index (χ0n) is 7.73. The number of nitrogens with two attached hydrogens (primary N) is 1. The summed E-state index contributed by atoms with van der Waals surface area (Å²) in [5.74, 6) is 0.846. The molecule has 1 aromatic heterocycles. The molecule has 80 valence electrons. The Morgan fingerprint density at radius 3 is 2.86 bits per heavy atom. The van der Waals surface area contributed by atoms with Crippen LogP contribution >= 0.6 is 0 Å². The largest absolute Gasteiger partial charge is 0.349 e. The Labute approximate surface area is 83.0 Å². The summed E-state index contributed by atoms with van der Waals surface area (Å²) in [6.07, 6.45) is 4.18. The molecule has 1 rings (SSSR count). The van der Waals surface area contributed by atoms with Crippen molar-refractivity contribution in [1.82, 2.24) is 15.3 Å². The topological polar surface area (TPSA) is 101 Å². The molecule has 4 N–H and O–H groups in total. The van der Waals surface area contributed by atoms with E-state index < -0.39 is 10.0 Å². The number of hydrogen-bond donors (Lipinski definition) is 3. The summed E-state index contributed by atoms with van der Waals surface area (Å²) in [4.78, 5) is 6.97. The monoisotopic (exact) mass is 218 g/mol. The van der Waals surface area contributed by atoms with E-state index in [0.717, 1.165) is 12.2 Å². The van der Waals surface area contributed by atoms with E-state index in [1.54, 1.807) is 12.4 Å².